The van der Waals surface area contributed by atoms with Gasteiger partial charge in [0.2, 0.25) is 11.8 Å². The van der Waals surface area contributed by atoms with E-state index in [4.69, 9.17) is 0 Å². The number of imidazole rings is 1. The number of carbonyl (C=O) groups excluding carboxylic acids is 3. The highest BCUT2D eigenvalue weighted by Gasteiger charge is 2.47. The van der Waals surface area contributed by atoms with E-state index in [1.807, 2.05) is 19.2 Å². The number of hydrogen-bond acceptors (Lipinski definition) is 9. The maximum atomic E-state index is 12.9. The van der Waals surface area contributed by atoms with Crippen LogP contribution in [0, 0.1) is 5.92 Å². The van der Waals surface area contributed by atoms with Gasteiger partial charge in [-0.25, -0.2) is 22.9 Å². The molecule has 4 heterocycles. The number of rotatable bonds is 9. The van der Waals surface area contributed by atoms with Gasteiger partial charge in [-0.05, 0) is 68.7 Å². The van der Waals surface area contributed by atoms with E-state index in [2.05, 4.69) is 35.1 Å². The van der Waals surface area contributed by atoms with Gasteiger partial charge in [-0.15, -0.1) is 0 Å². The highest BCUT2D eigenvalue weighted by molar-refractivity contribution is 5.93. The van der Waals surface area contributed by atoms with Crippen molar-refractivity contribution in [1.29, 1.82) is 0 Å². The van der Waals surface area contributed by atoms with Crippen molar-refractivity contribution in [2.24, 2.45) is 5.92 Å². The van der Waals surface area contributed by atoms with Gasteiger partial charge < -0.3 is 15.4 Å². The molecule has 3 aromatic rings. The summed E-state index contributed by atoms with van der Waals surface area (Å²) >= 11 is 0. The number of fused-ring (bicyclic) bond motifs is 1. The molecule has 2 amide bonds. The van der Waals surface area contributed by atoms with E-state index in [1.165, 1.54) is 10.7 Å². The first kappa shape index (κ1) is 35.7. The zero-order chi connectivity index (χ0) is 34.2. The van der Waals surface area contributed by atoms with Crippen molar-refractivity contribution in [1.82, 2.24) is 35.5 Å². The second kappa shape index (κ2) is 15.6. The molecular formula is C30H38F5N7O5. The molecule has 3 aliphatic rings. The van der Waals surface area contributed by atoms with E-state index in [1.54, 1.807) is 12.3 Å². The molecule has 0 bridgehead atoms. The molecule has 258 valence electrons. The smallest absolute Gasteiger partial charge is 0.408 e. The van der Waals surface area contributed by atoms with E-state index in [0.717, 1.165) is 25.7 Å². The van der Waals surface area contributed by atoms with Crippen LogP contribution in [0.5, 0.6) is 0 Å². The standard InChI is InChI=1S/C19H18F3N7O3.C6H10F2.C5H10O2/c20-19(21,22)13-5-11(17(30)26-13)3-9-4-14-25-12(8-29(14)24-6-9)7-23-18(31)16-15(10-1-2-10)27-32-28-16;7-6(8)4-2-1-3-5-6;1-3-5(2)7-4-6/h4,6,8,10-11,13H,1-3,5,7H2,(H,23,31)(H,26,30);1-5H2;4-5H,3H2,1-2H3/t11-,13?;;/m0../s1. The van der Waals surface area contributed by atoms with Gasteiger partial charge in [-0.2, -0.15) is 18.3 Å². The molecule has 2 saturated carbocycles. The van der Waals surface area contributed by atoms with Gasteiger partial charge in [0.1, 0.15) is 11.7 Å². The molecule has 0 aromatic carbocycles. The molecule has 2 unspecified atom stereocenters. The number of carbonyl (C=O) groups is 3. The van der Waals surface area contributed by atoms with Gasteiger partial charge in [0.25, 0.3) is 12.4 Å². The van der Waals surface area contributed by atoms with Crippen molar-refractivity contribution in [2.75, 3.05) is 0 Å². The second-order valence-electron chi connectivity index (χ2n) is 12.0. The Hall–Kier alpha value is -4.18. The third kappa shape index (κ3) is 10.4. The number of halogens is 5. The summed E-state index contributed by atoms with van der Waals surface area (Å²) in [5.41, 5.74) is 2.32. The Labute approximate surface area is 267 Å². The average Bonchev–Trinajstić information content (AvgIpc) is 3.40. The maximum absolute atomic E-state index is 12.9. The van der Waals surface area contributed by atoms with E-state index in [-0.39, 0.29) is 49.9 Å². The Bertz CT molecular complexity index is 1500. The molecule has 1 saturated heterocycles. The van der Waals surface area contributed by atoms with Crippen molar-refractivity contribution >= 4 is 23.9 Å². The monoisotopic (exact) mass is 671 g/mol. The number of nitrogens with one attached hydrogen (secondary N) is 2. The molecule has 6 rings (SSSR count). The van der Waals surface area contributed by atoms with Crippen LogP contribution in [0.25, 0.3) is 5.65 Å². The number of nitrogens with zero attached hydrogens (tertiary/aromatic N) is 5. The average molecular weight is 672 g/mol. The first-order valence-corrected chi connectivity index (χ1v) is 15.6. The van der Waals surface area contributed by atoms with Crippen LogP contribution in [0.1, 0.15) is 105 Å². The van der Waals surface area contributed by atoms with Crippen molar-refractivity contribution in [2.45, 2.75) is 115 Å². The lowest BCUT2D eigenvalue weighted by molar-refractivity contribution is -0.155. The van der Waals surface area contributed by atoms with E-state index in [9.17, 15) is 36.3 Å². The van der Waals surface area contributed by atoms with Gasteiger partial charge in [0.05, 0.1) is 30.7 Å². The summed E-state index contributed by atoms with van der Waals surface area (Å²) in [6, 6.07) is -0.155. The molecule has 0 radical (unpaired) electrons. The molecule has 0 spiro atoms. The summed E-state index contributed by atoms with van der Waals surface area (Å²) in [5, 5.41) is 16.4. The second-order valence-corrected chi connectivity index (χ2v) is 12.0. The van der Waals surface area contributed by atoms with Crippen molar-refractivity contribution in [3.63, 3.8) is 0 Å². The quantitative estimate of drug-likeness (QED) is 0.234. The van der Waals surface area contributed by atoms with Crippen molar-refractivity contribution < 1.29 is 45.7 Å². The van der Waals surface area contributed by atoms with Gasteiger partial charge in [0.15, 0.2) is 11.3 Å². The predicted molar refractivity (Wildman–Crippen MR) is 155 cm³/mol. The summed E-state index contributed by atoms with van der Waals surface area (Å²) < 4.78 is 73.7. The zero-order valence-corrected chi connectivity index (χ0v) is 26.1. The highest BCUT2D eigenvalue weighted by atomic mass is 19.4. The molecule has 2 aliphatic carbocycles. The summed E-state index contributed by atoms with van der Waals surface area (Å²) in [6.07, 6.45) is 4.02. The molecule has 2 N–H and O–H groups in total. The first-order valence-electron chi connectivity index (χ1n) is 15.6. The minimum absolute atomic E-state index is 0.0810. The Balaban J connectivity index is 0.000000276. The zero-order valence-electron chi connectivity index (χ0n) is 26.1. The van der Waals surface area contributed by atoms with Crippen LogP contribution in [-0.2, 0) is 27.3 Å². The van der Waals surface area contributed by atoms with E-state index >= 15 is 0 Å². The van der Waals surface area contributed by atoms with Gasteiger partial charge in [-0.3, -0.25) is 14.4 Å². The summed E-state index contributed by atoms with van der Waals surface area (Å²) in [4.78, 5) is 38.2. The van der Waals surface area contributed by atoms with E-state index in [0.29, 0.717) is 41.9 Å². The molecule has 47 heavy (non-hydrogen) atoms. The summed E-state index contributed by atoms with van der Waals surface area (Å²) in [6.45, 7) is 4.42. The van der Waals surface area contributed by atoms with Crippen LogP contribution in [0.4, 0.5) is 22.0 Å². The van der Waals surface area contributed by atoms with Crippen LogP contribution in [-0.4, -0.2) is 67.4 Å². The topological polar surface area (TPSA) is 154 Å². The molecular weight excluding hydrogens is 633 g/mol. The third-order valence-electron chi connectivity index (χ3n) is 8.08. The lowest BCUT2D eigenvalue weighted by Crippen LogP contribution is -2.38. The third-order valence-corrected chi connectivity index (χ3v) is 8.08. The maximum Gasteiger partial charge on any atom is 0.408 e. The summed E-state index contributed by atoms with van der Waals surface area (Å²) in [7, 11) is 0. The van der Waals surface area contributed by atoms with E-state index < -0.39 is 35.9 Å². The fraction of sp³-hybridized carbons (Fsp3) is 0.633. The number of alkyl halides is 5. The van der Waals surface area contributed by atoms with Gasteiger partial charge in [-0.1, -0.05) is 18.5 Å². The Morgan fingerprint density at radius 3 is 2.51 bits per heavy atom. The summed E-state index contributed by atoms with van der Waals surface area (Å²) in [5.74, 6) is -3.92. The van der Waals surface area contributed by atoms with Crippen LogP contribution >= 0.6 is 0 Å². The van der Waals surface area contributed by atoms with Crippen LogP contribution in [0.2, 0.25) is 0 Å². The minimum Gasteiger partial charge on any atom is -0.465 e. The van der Waals surface area contributed by atoms with Crippen LogP contribution in [0.3, 0.4) is 0 Å². The molecule has 12 nitrogen and oxygen atoms in total. The van der Waals surface area contributed by atoms with Gasteiger partial charge >= 0.3 is 6.18 Å². The minimum atomic E-state index is -4.46. The lowest BCUT2D eigenvalue weighted by Gasteiger charge is -2.20. The Kier molecular flexibility index (Phi) is 11.8. The normalized spacial score (nSPS) is 21.0. The fourth-order valence-electron chi connectivity index (χ4n) is 5.07. The number of ether oxygens (including phenoxy) is 1. The Morgan fingerprint density at radius 2 is 1.96 bits per heavy atom. The molecule has 1 aliphatic heterocycles. The predicted octanol–water partition coefficient (Wildman–Crippen LogP) is 5.07. The highest BCUT2D eigenvalue weighted by Crippen LogP contribution is 2.40. The Morgan fingerprint density at radius 1 is 1.23 bits per heavy atom. The number of amides is 2. The SMILES string of the molecule is CCC(C)OC=O.FC1(F)CCCCC1.O=C(NCc1cn2ncc(C[C@H]3CC(C(F)(F)F)NC3=O)cc2n1)c1nonc1C1CC1. The van der Waals surface area contributed by atoms with Gasteiger partial charge in [0, 0.05) is 24.7 Å². The first-order chi connectivity index (χ1) is 22.3. The van der Waals surface area contributed by atoms with Crippen LogP contribution < -0.4 is 10.6 Å². The molecule has 3 atom stereocenters. The lowest BCUT2D eigenvalue weighted by atomic mass is 9.97. The largest absolute Gasteiger partial charge is 0.465 e. The van der Waals surface area contributed by atoms with Crippen LogP contribution in [0.15, 0.2) is 23.1 Å². The number of aromatic nitrogens is 5. The molecule has 17 heteroatoms. The van der Waals surface area contributed by atoms with Crippen molar-refractivity contribution in [3.05, 3.63) is 41.1 Å². The molecule has 3 fully saturated rings. The number of hydrogen-bond donors (Lipinski definition) is 2. The molecule has 3 aromatic heterocycles. The fourth-order valence-corrected chi connectivity index (χ4v) is 5.07. The van der Waals surface area contributed by atoms with Crippen molar-refractivity contribution in [3.8, 4) is 0 Å².